The van der Waals surface area contributed by atoms with E-state index in [1.54, 1.807) is 0 Å². The molecule has 0 heterocycles. The van der Waals surface area contributed by atoms with E-state index < -0.39 is 0 Å². The smallest absolute Gasteiger partial charge is 0.0486 e. The highest BCUT2D eigenvalue weighted by Gasteiger charge is 2.43. The van der Waals surface area contributed by atoms with Gasteiger partial charge in [0.2, 0.25) is 0 Å². The van der Waals surface area contributed by atoms with Gasteiger partial charge in [-0.25, -0.2) is 0 Å². The third kappa shape index (κ3) is 4.12. The van der Waals surface area contributed by atoms with Crippen LogP contribution in [0.3, 0.4) is 0 Å². The molecule has 0 aliphatic heterocycles. The summed E-state index contributed by atoms with van der Waals surface area (Å²) in [6.45, 7) is 18.8. The van der Waals surface area contributed by atoms with Gasteiger partial charge in [0.1, 0.15) is 0 Å². The van der Waals surface area contributed by atoms with Gasteiger partial charge in [-0.05, 0) is 31.6 Å². The molecule has 2 nitrogen and oxygen atoms in total. The molecular formula is C13H28NO. The lowest BCUT2D eigenvalue weighted by molar-refractivity contribution is -0.276. The molecule has 0 rings (SSSR count). The van der Waals surface area contributed by atoms with Crippen LogP contribution >= 0.6 is 0 Å². The van der Waals surface area contributed by atoms with E-state index in [-0.39, 0.29) is 22.4 Å². The maximum absolute atomic E-state index is 12.4. The Labute approximate surface area is 95.6 Å². The molecule has 0 spiro atoms. The van der Waals surface area contributed by atoms with Crippen molar-refractivity contribution < 1.29 is 5.21 Å². The van der Waals surface area contributed by atoms with Gasteiger partial charge in [-0.1, -0.05) is 41.5 Å². The van der Waals surface area contributed by atoms with Gasteiger partial charge in [-0.15, -0.1) is 10.3 Å². The second-order valence-electron chi connectivity index (χ2n) is 7.63. The molecule has 0 aromatic rings. The number of hydrogen-bond acceptors (Lipinski definition) is 1. The van der Waals surface area contributed by atoms with Gasteiger partial charge in [0, 0.05) is 11.6 Å². The SMILES string of the molecule is CC(C)(C)C(N([O])C(C)(C)C)C(C)(C)C. The highest BCUT2D eigenvalue weighted by molar-refractivity contribution is 4.92. The van der Waals surface area contributed by atoms with Gasteiger partial charge >= 0.3 is 0 Å². The van der Waals surface area contributed by atoms with Gasteiger partial charge < -0.3 is 0 Å². The lowest BCUT2D eigenvalue weighted by Gasteiger charge is -2.48. The minimum Gasteiger partial charge on any atom is -0.146 e. The molecule has 0 atom stereocenters. The molecule has 0 bridgehead atoms. The van der Waals surface area contributed by atoms with Gasteiger partial charge in [0.05, 0.1) is 0 Å². The third-order valence-electron chi connectivity index (χ3n) is 2.54. The highest BCUT2D eigenvalue weighted by atomic mass is 16.5. The standard InChI is InChI=1S/C13H28NO/c1-11(2,3)10(12(4,5)6)14(15)13(7,8)9/h10H,1-9H3. The molecule has 91 valence electrons. The first-order valence-corrected chi connectivity index (χ1v) is 5.74. The van der Waals surface area contributed by atoms with E-state index in [0.29, 0.717) is 0 Å². The van der Waals surface area contributed by atoms with Crippen molar-refractivity contribution in [2.75, 3.05) is 0 Å². The Bertz CT molecular complexity index is 188. The molecule has 0 aliphatic rings. The van der Waals surface area contributed by atoms with E-state index in [2.05, 4.69) is 41.5 Å². The number of rotatable bonds is 1. The van der Waals surface area contributed by atoms with Gasteiger partial charge in [0.15, 0.2) is 0 Å². The van der Waals surface area contributed by atoms with Crippen LogP contribution in [-0.2, 0) is 5.21 Å². The Hall–Kier alpha value is -0.0800. The van der Waals surface area contributed by atoms with Crippen molar-refractivity contribution in [3.05, 3.63) is 0 Å². The minimum absolute atomic E-state index is 0.00667. The van der Waals surface area contributed by atoms with Crippen molar-refractivity contribution in [2.24, 2.45) is 10.8 Å². The van der Waals surface area contributed by atoms with Crippen molar-refractivity contribution in [3.63, 3.8) is 0 Å². The summed E-state index contributed by atoms with van der Waals surface area (Å²) in [7, 11) is 0. The molecule has 2 heteroatoms. The van der Waals surface area contributed by atoms with Crippen molar-refractivity contribution in [2.45, 2.75) is 73.9 Å². The molecule has 0 fully saturated rings. The van der Waals surface area contributed by atoms with Crippen molar-refractivity contribution in [3.8, 4) is 0 Å². The summed E-state index contributed by atoms with van der Waals surface area (Å²) in [5, 5.41) is 13.6. The van der Waals surface area contributed by atoms with Gasteiger partial charge in [-0.3, -0.25) is 0 Å². The van der Waals surface area contributed by atoms with Crippen LogP contribution in [0.2, 0.25) is 0 Å². The van der Waals surface area contributed by atoms with Crippen LogP contribution in [0.5, 0.6) is 0 Å². The zero-order chi connectivity index (χ0) is 12.7. The molecule has 0 saturated carbocycles. The molecule has 1 radical (unpaired) electrons. The number of hydrogen-bond donors (Lipinski definition) is 0. The molecule has 0 aliphatic carbocycles. The summed E-state index contributed by atoms with van der Waals surface area (Å²) >= 11 is 0. The number of nitrogens with zero attached hydrogens (tertiary/aromatic N) is 1. The van der Waals surface area contributed by atoms with Crippen LogP contribution in [0.15, 0.2) is 0 Å². The molecule has 0 amide bonds. The summed E-state index contributed by atoms with van der Waals surface area (Å²) in [4.78, 5) is 0. The van der Waals surface area contributed by atoms with E-state index in [9.17, 15) is 5.21 Å². The fourth-order valence-corrected chi connectivity index (χ4v) is 2.39. The van der Waals surface area contributed by atoms with E-state index in [1.807, 2.05) is 20.8 Å². The Morgan fingerprint density at radius 2 is 1.00 bits per heavy atom. The number of hydroxylamine groups is 2. The van der Waals surface area contributed by atoms with Crippen LogP contribution in [0.1, 0.15) is 62.3 Å². The van der Waals surface area contributed by atoms with Crippen LogP contribution in [0, 0.1) is 10.8 Å². The molecule has 0 aromatic heterocycles. The first-order chi connectivity index (χ1) is 6.28. The molecule has 15 heavy (non-hydrogen) atoms. The van der Waals surface area contributed by atoms with E-state index in [4.69, 9.17) is 0 Å². The quantitative estimate of drug-likeness (QED) is 0.607. The lowest BCUT2D eigenvalue weighted by Crippen LogP contribution is -2.56. The Balaban J connectivity index is 5.16. The van der Waals surface area contributed by atoms with Crippen LogP contribution in [-0.4, -0.2) is 16.6 Å². The lowest BCUT2D eigenvalue weighted by atomic mass is 9.71. The monoisotopic (exact) mass is 214 g/mol. The average molecular weight is 214 g/mol. The van der Waals surface area contributed by atoms with E-state index in [0.717, 1.165) is 0 Å². The van der Waals surface area contributed by atoms with Crippen molar-refractivity contribution in [1.29, 1.82) is 0 Å². The summed E-state index contributed by atoms with van der Waals surface area (Å²) in [6, 6.07) is 0.0185. The largest absolute Gasteiger partial charge is 0.146 e. The highest BCUT2D eigenvalue weighted by Crippen LogP contribution is 2.39. The topological polar surface area (TPSA) is 23.1 Å². The Morgan fingerprint density at radius 1 is 0.733 bits per heavy atom. The van der Waals surface area contributed by atoms with Gasteiger partial charge in [0.25, 0.3) is 0 Å². The summed E-state index contributed by atoms with van der Waals surface area (Å²) in [6.07, 6.45) is 0. The molecule has 0 unspecified atom stereocenters. The van der Waals surface area contributed by atoms with Crippen LogP contribution in [0.25, 0.3) is 0 Å². The average Bonchev–Trinajstić information content (AvgIpc) is 1.76. The van der Waals surface area contributed by atoms with Crippen molar-refractivity contribution in [1.82, 2.24) is 5.06 Å². The molecule has 0 N–H and O–H groups in total. The Morgan fingerprint density at radius 3 is 1.07 bits per heavy atom. The second-order valence-corrected chi connectivity index (χ2v) is 7.63. The predicted molar refractivity (Wildman–Crippen MR) is 65.0 cm³/mol. The maximum atomic E-state index is 12.4. The minimum atomic E-state index is -0.328. The zero-order valence-electron chi connectivity index (χ0n) is 11.9. The molecular weight excluding hydrogens is 186 g/mol. The van der Waals surface area contributed by atoms with E-state index in [1.165, 1.54) is 5.06 Å². The molecule has 0 aromatic carbocycles. The fourth-order valence-electron chi connectivity index (χ4n) is 2.39. The van der Waals surface area contributed by atoms with Crippen molar-refractivity contribution >= 4 is 0 Å². The first-order valence-electron chi connectivity index (χ1n) is 5.74. The summed E-state index contributed by atoms with van der Waals surface area (Å²) in [5.74, 6) is 0. The van der Waals surface area contributed by atoms with Crippen LogP contribution < -0.4 is 0 Å². The van der Waals surface area contributed by atoms with Gasteiger partial charge in [-0.2, -0.15) is 0 Å². The van der Waals surface area contributed by atoms with Crippen LogP contribution in [0.4, 0.5) is 0 Å². The third-order valence-corrected chi connectivity index (χ3v) is 2.54. The maximum Gasteiger partial charge on any atom is 0.0486 e. The normalized spacial score (nSPS) is 15.2. The summed E-state index contributed by atoms with van der Waals surface area (Å²) in [5.41, 5.74) is -0.341. The fraction of sp³-hybridized carbons (Fsp3) is 1.00. The second kappa shape index (κ2) is 4.06. The zero-order valence-corrected chi connectivity index (χ0v) is 11.9. The van der Waals surface area contributed by atoms with E-state index >= 15 is 0 Å². The predicted octanol–water partition coefficient (Wildman–Crippen LogP) is 3.89. The molecule has 0 saturated heterocycles. The Kier molecular flexibility index (Phi) is 4.04. The first kappa shape index (κ1) is 14.9. The summed E-state index contributed by atoms with van der Waals surface area (Å²) < 4.78 is 0.